The van der Waals surface area contributed by atoms with Gasteiger partial charge in [-0.05, 0) is 29.8 Å². The van der Waals surface area contributed by atoms with Crippen molar-refractivity contribution in [2.24, 2.45) is 0 Å². The molecule has 0 radical (unpaired) electrons. The van der Waals surface area contributed by atoms with Crippen LogP contribution in [0.2, 0.25) is 0 Å². The standard InChI is InChI=1S/C22H26N6OS/c1-17(2)30-19-5-3-18(4-6-19)15-22(29)27-13-11-26(12-14-27)20-7-8-21(25-24-20)28-10-9-23-16-28/h3-10,16-17H,11-15H2,1-2H3. The molecule has 156 valence electrons. The van der Waals surface area contributed by atoms with Crippen molar-refractivity contribution in [2.75, 3.05) is 31.1 Å². The van der Waals surface area contributed by atoms with Crippen molar-refractivity contribution < 1.29 is 4.79 Å². The molecule has 1 aliphatic heterocycles. The first kappa shape index (κ1) is 20.4. The van der Waals surface area contributed by atoms with Gasteiger partial charge in [0.2, 0.25) is 5.91 Å². The maximum atomic E-state index is 12.7. The van der Waals surface area contributed by atoms with E-state index in [-0.39, 0.29) is 5.91 Å². The molecule has 30 heavy (non-hydrogen) atoms. The molecule has 3 aromatic rings. The molecule has 0 atom stereocenters. The molecule has 0 bridgehead atoms. The van der Waals surface area contributed by atoms with Crippen LogP contribution in [-0.4, -0.2) is 62.0 Å². The van der Waals surface area contributed by atoms with Gasteiger partial charge in [0, 0.05) is 48.7 Å². The summed E-state index contributed by atoms with van der Waals surface area (Å²) in [6, 6.07) is 12.3. The van der Waals surface area contributed by atoms with Crippen molar-refractivity contribution in [1.29, 1.82) is 0 Å². The highest BCUT2D eigenvalue weighted by atomic mass is 32.2. The molecular formula is C22H26N6OS. The molecular weight excluding hydrogens is 396 g/mol. The summed E-state index contributed by atoms with van der Waals surface area (Å²) in [5.74, 6) is 1.76. The van der Waals surface area contributed by atoms with Crippen LogP contribution in [0.3, 0.4) is 0 Å². The van der Waals surface area contributed by atoms with E-state index in [0.717, 1.165) is 30.3 Å². The van der Waals surface area contributed by atoms with E-state index in [1.165, 1.54) is 4.90 Å². The van der Waals surface area contributed by atoms with Gasteiger partial charge >= 0.3 is 0 Å². The first-order valence-electron chi connectivity index (χ1n) is 10.2. The topological polar surface area (TPSA) is 67.2 Å². The second-order valence-electron chi connectivity index (χ2n) is 7.57. The van der Waals surface area contributed by atoms with E-state index in [0.29, 0.717) is 24.8 Å². The number of imidazole rings is 1. The molecule has 0 aliphatic carbocycles. The van der Waals surface area contributed by atoms with E-state index in [1.807, 2.05) is 39.6 Å². The Morgan fingerprint density at radius 3 is 2.30 bits per heavy atom. The fourth-order valence-corrected chi connectivity index (χ4v) is 4.29. The van der Waals surface area contributed by atoms with E-state index in [2.05, 4.69) is 58.2 Å². The smallest absolute Gasteiger partial charge is 0.227 e. The van der Waals surface area contributed by atoms with E-state index in [1.54, 1.807) is 12.5 Å². The van der Waals surface area contributed by atoms with Crippen LogP contribution < -0.4 is 4.90 Å². The molecule has 0 unspecified atom stereocenters. The minimum Gasteiger partial charge on any atom is -0.352 e. The van der Waals surface area contributed by atoms with Crippen LogP contribution in [-0.2, 0) is 11.2 Å². The summed E-state index contributed by atoms with van der Waals surface area (Å²) in [6.07, 6.45) is 5.70. The third kappa shape index (κ3) is 4.99. The number of rotatable bonds is 6. The van der Waals surface area contributed by atoms with Crippen LogP contribution in [0.25, 0.3) is 5.82 Å². The molecule has 3 heterocycles. The van der Waals surface area contributed by atoms with Gasteiger partial charge in [0.15, 0.2) is 11.6 Å². The number of piperazine rings is 1. The van der Waals surface area contributed by atoms with Gasteiger partial charge in [-0.25, -0.2) is 4.98 Å². The van der Waals surface area contributed by atoms with Crippen LogP contribution in [0, 0.1) is 0 Å². The third-order valence-electron chi connectivity index (χ3n) is 5.01. The summed E-state index contributed by atoms with van der Waals surface area (Å²) in [5, 5.41) is 9.18. The van der Waals surface area contributed by atoms with Crippen LogP contribution >= 0.6 is 11.8 Å². The molecule has 4 rings (SSSR count). The largest absolute Gasteiger partial charge is 0.352 e. The normalized spacial score (nSPS) is 14.4. The number of nitrogens with zero attached hydrogens (tertiary/aromatic N) is 6. The average molecular weight is 423 g/mol. The minimum absolute atomic E-state index is 0.181. The highest BCUT2D eigenvalue weighted by Crippen LogP contribution is 2.23. The molecule has 0 spiro atoms. The summed E-state index contributed by atoms with van der Waals surface area (Å²) in [4.78, 5) is 22.1. The number of carbonyl (C=O) groups is 1. The predicted octanol–water partition coefficient (Wildman–Crippen LogP) is 3.05. The quantitative estimate of drug-likeness (QED) is 0.569. The molecule has 0 saturated carbocycles. The van der Waals surface area contributed by atoms with Gasteiger partial charge in [-0.2, -0.15) is 0 Å². The summed E-state index contributed by atoms with van der Waals surface area (Å²) in [5.41, 5.74) is 1.07. The Bertz CT molecular complexity index is 948. The number of thioether (sulfide) groups is 1. The van der Waals surface area contributed by atoms with Gasteiger partial charge in [-0.1, -0.05) is 26.0 Å². The molecule has 2 aromatic heterocycles. The number of aromatic nitrogens is 4. The first-order chi connectivity index (χ1) is 14.6. The average Bonchev–Trinajstić information content (AvgIpc) is 3.30. The van der Waals surface area contributed by atoms with Gasteiger partial charge in [-0.15, -0.1) is 22.0 Å². The lowest BCUT2D eigenvalue weighted by Gasteiger charge is -2.35. The third-order valence-corrected chi connectivity index (χ3v) is 6.03. The maximum Gasteiger partial charge on any atom is 0.227 e. The van der Waals surface area contributed by atoms with Gasteiger partial charge in [-0.3, -0.25) is 9.36 Å². The summed E-state index contributed by atoms with van der Waals surface area (Å²) >= 11 is 1.84. The van der Waals surface area contributed by atoms with Crippen molar-refractivity contribution in [3.63, 3.8) is 0 Å². The lowest BCUT2D eigenvalue weighted by atomic mass is 10.1. The zero-order chi connectivity index (χ0) is 20.9. The number of carbonyl (C=O) groups excluding carboxylic acids is 1. The number of benzene rings is 1. The van der Waals surface area contributed by atoms with Gasteiger partial charge in [0.1, 0.15) is 6.33 Å². The molecule has 8 heteroatoms. The summed E-state index contributed by atoms with van der Waals surface area (Å²) in [7, 11) is 0. The van der Waals surface area contributed by atoms with E-state index in [4.69, 9.17) is 0 Å². The lowest BCUT2D eigenvalue weighted by Crippen LogP contribution is -2.49. The van der Waals surface area contributed by atoms with E-state index in [9.17, 15) is 4.79 Å². The Balaban J connectivity index is 1.29. The Morgan fingerprint density at radius 2 is 1.70 bits per heavy atom. The van der Waals surface area contributed by atoms with E-state index < -0.39 is 0 Å². The summed E-state index contributed by atoms with van der Waals surface area (Å²) < 4.78 is 1.82. The number of amides is 1. The Labute approximate surface area is 181 Å². The Morgan fingerprint density at radius 1 is 1.00 bits per heavy atom. The highest BCUT2D eigenvalue weighted by Gasteiger charge is 2.22. The highest BCUT2D eigenvalue weighted by molar-refractivity contribution is 7.99. The monoisotopic (exact) mass is 422 g/mol. The van der Waals surface area contributed by atoms with Crippen molar-refractivity contribution in [3.8, 4) is 5.82 Å². The van der Waals surface area contributed by atoms with Crippen molar-refractivity contribution in [1.82, 2.24) is 24.6 Å². The number of anilines is 1. The van der Waals surface area contributed by atoms with Gasteiger partial charge in [0.25, 0.3) is 0 Å². The Hall–Kier alpha value is -2.87. The van der Waals surface area contributed by atoms with E-state index >= 15 is 0 Å². The fourth-order valence-electron chi connectivity index (χ4n) is 3.45. The molecule has 7 nitrogen and oxygen atoms in total. The molecule has 1 saturated heterocycles. The molecule has 1 fully saturated rings. The minimum atomic E-state index is 0.181. The van der Waals surface area contributed by atoms with Crippen LogP contribution in [0.4, 0.5) is 5.82 Å². The van der Waals surface area contributed by atoms with Crippen LogP contribution in [0.5, 0.6) is 0 Å². The fraction of sp³-hybridized carbons (Fsp3) is 0.364. The second kappa shape index (κ2) is 9.30. The zero-order valence-corrected chi connectivity index (χ0v) is 18.1. The Kier molecular flexibility index (Phi) is 6.32. The molecule has 1 aliphatic rings. The molecule has 1 aromatic carbocycles. The molecule has 0 N–H and O–H groups in total. The maximum absolute atomic E-state index is 12.7. The SMILES string of the molecule is CC(C)Sc1ccc(CC(=O)N2CCN(c3ccc(-n4ccnc4)nn3)CC2)cc1. The van der Waals surface area contributed by atoms with Gasteiger partial charge in [0.05, 0.1) is 6.42 Å². The zero-order valence-electron chi connectivity index (χ0n) is 17.3. The summed E-state index contributed by atoms with van der Waals surface area (Å²) in [6.45, 7) is 7.28. The van der Waals surface area contributed by atoms with Crippen LogP contribution in [0.1, 0.15) is 19.4 Å². The first-order valence-corrected chi connectivity index (χ1v) is 11.1. The van der Waals surface area contributed by atoms with Crippen molar-refractivity contribution in [2.45, 2.75) is 30.4 Å². The van der Waals surface area contributed by atoms with Gasteiger partial charge < -0.3 is 9.80 Å². The second-order valence-corrected chi connectivity index (χ2v) is 9.22. The number of hydrogen-bond donors (Lipinski definition) is 0. The number of hydrogen-bond acceptors (Lipinski definition) is 6. The predicted molar refractivity (Wildman–Crippen MR) is 119 cm³/mol. The molecule has 1 amide bonds. The van der Waals surface area contributed by atoms with Crippen molar-refractivity contribution >= 4 is 23.5 Å². The lowest BCUT2D eigenvalue weighted by molar-refractivity contribution is -0.130. The van der Waals surface area contributed by atoms with Crippen LogP contribution in [0.15, 0.2) is 60.0 Å². The van der Waals surface area contributed by atoms with Crippen molar-refractivity contribution in [3.05, 3.63) is 60.7 Å².